The summed E-state index contributed by atoms with van der Waals surface area (Å²) in [6.07, 6.45) is 3.91. The molecule has 1 unspecified atom stereocenters. The van der Waals surface area contributed by atoms with Crippen LogP contribution in [-0.2, 0) is 0 Å². The lowest BCUT2D eigenvalue weighted by Gasteiger charge is -2.31. The van der Waals surface area contributed by atoms with Crippen molar-refractivity contribution in [2.45, 2.75) is 39.0 Å². The SMILES string of the molecule is CC1CCN(CCC(C)c2ccc(Oc3ccccc3Cl)cc2)CC1. The molecular weight excluding hydrogens is 330 g/mol. The lowest BCUT2D eigenvalue weighted by molar-refractivity contribution is 0.187. The predicted molar refractivity (Wildman–Crippen MR) is 106 cm³/mol. The summed E-state index contributed by atoms with van der Waals surface area (Å²) in [5.74, 6) is 2.99. The summed E-state index contributed by atoms with van der Waals surface area (Å²) in [4.78, 5) is 2.62. The number of para-hydroxylation sites is 1. The Morgan fingerprint density at radius 2 is 1.76 bits per heavy atom. The molecule has 1 aliphatic rings. The van der Waals surface area contributed by atoms with Crippen LogP contribution in [-0.4, -0.2) is 24.5 Å². The summed E-state index contributed by atoms with van der Waals surface area (Å²) in [6, 6.07) is 16.0. The summed E-state index contributed by atoms with van der Waals surface area (Å²) in [7, 11) is 0. The second kappa shape index (κ2) is 8.73. The van der Waals surface area contributed by atoms with Crippen LogP contribution in [0.15, 0.2) is 48.5 Å². The third-order valence-corrected chi connectivity index (χ3v) is 5.58. The molecule has 0 N–H and O–H groups in total. The van der Waals surface area contributed by atoms with Crippen LogP contribution in [0.25, 0.3) is 0 Å². The molecule has 1 atom stereocenters. The largest absolute Gasteiger partial charge is 0.456 e. The van der Waals surface area contributed by atoms with Crippen molar-refractivity contribution < 1.29 is 4.74 Å². The molecule has 1 fully saturated rings. The zero-order valence-electron chi connectivity index (χ0n) is 15.2. The van der Waals surface area contributed by atoms with Crippen LogP contribution in [0.4, 0.5) is 0 Å². The smallest absolute Gasteiger partial charge is 0.146 e. The monoisotopic (exact) mass is 357 g/mol. The number of halogens is 1. The minimum absolute atomic E-state index is 0.564. The number of rotatable bonds is 6. The molecule has 1 heterocycles. The van der Waals surface area contributed by atoms with Crippen LogP contribution in [0.2, 0.25) is 5.02 Å². The molecule has 0 radical (unpaired) electrons. The van der Waals surface area contributed by atoms with E-state index in [1.807, 2.05) is 36.4 Å². The Labute approximate surface area is 156 Å². The minimum Gasteiger partial charge on any atom is -0.456 e. The molecule has 0 spiro atoms. The van der Waals surface area contributed by atoms with Crippen LogP contribution in [0.3, 0.4) is 0 Å². The van der Waals surface area contributed by atoms with Gasteiger partial charge in [0.15, 0.2) is 0 Å². The Hall–Kier alpha value is -1.51. The molecule has 1 saturated heterocycles. The van der Waals surface area contributed by atoms with Crippen molar-refractivity contribution in [2.24, 2.45) is 5.92 Å². The Bertz CT molecular complexity index is 662. The van der Waals surface area contributed by atoms with Crippen molar-refractivity contribution >= 4 is 11.6 Å². The van der Waals surface area contributed by atoms with E-state index in [0.29, 0.717) is 16.7 Å². The van der Waals surface area contributed by atoms with Crippen LogP contribution in [0, 0.1) is 5.92 Å². The molecule has 3 rings (SSSR count). The highest BCUT2D eigenvalue weighted by Crippen LogP contribution is 2.30. The molecule has 0 bridgehead atoms. The van der Waals surface area contributed by atoms with Crippen molar-refractivity contribution in [1.29, 1.82) is 0 Å². The van der Waals surface area contributed by atoms with Gasteiger partial charge in [0, 0.05) is 0 Å². The Morgan fingerprint density at radius 1 is 1.08 bits per heavy atom. The van der Waals surface area contributed by atoms with Gasteiger partial charge in [0.2, 0.25) is 0 Å². The van der Waals surface area contributed by atoms with Gasteiger partial charge in [-0.25, -0.2) is 0 Å². The number of hydrogen-bond donors (Lipinski definition) is 0. The molecule has 2 nitrogen and oxygen atoms in total. The van der Waals surface area contributed by atoms with E-state index in [9.17, 15) is 0 Å². The van der Waals surface area contributed by atoms with Crippen LogP contribution in [0.5, 0.6) is 11.5 Å². The standard InChI is InChI=1S/C22H28ClNO/c1-17-11-14-24(15-12-17)16-13-18(2)19-7-9-20(10-8-19)25-22-6-4-3-5-21(22)23/h3-10,17-18H,11-16H2,1-2H3. The number of ether oxygens (including phenoxy) is 1. The third-order valence-electron chi connectivity index (χ3n) is 5.27. The fraction of sp³-hybridized carbons (Fsp3) is 0.455. The lowest BCUT2D eigenvalue weighted by atomic mass is 9.95. The molecule has 0 aliphatic carbocycles. The first-order valence-electron chi connectivity index (χ1n) is 9.36. The molecule has 3 heteroatoms. The molecule has 0 saturated carbocycles. The quantitative estimate of drug-likeness (QED) is 0.596. The average molecular weight is 358 g/mol. The van der Waals surface area contributed by atoms with Crippen molar-refractivity contribution in [3.63, 3.8) is 0 Å². The zero-order chi connectivity index (χ0) is 17.6. The highest BCUT2D eigenvalue weighted by molar-refractivity contribution is 6.32. The third kappa shape index (κ3) is 5.23. The van der Waals surface area contributed by atoms with Crippen molar-refractivity contribution in [2.75, 3.05) is 19.6 Å². The summed E-state index contributed by atoms with van der Waals surface area (Å²) in [5, 5.41) is 0.635. The summed E-state index contributed by atoms with van der Waals surface area (Å²) in [6.45, 7) is 8.41. The van der Waals surface area contributed by atoms with Gasteiger partial charge in [-0.2, -0.15) is 0 Å². The van der Waals surface area contributed by atoms with E-state index in [2.05, 4.69) is 30.9 Å². The first-order chi connectivity index (χ1) is 12.1. The van der Waals surface area contributed by atoms with Gasteiger partial charge < -0.3 is 9.64 Å². The van der Waals surface area contributed by atoms with Gasteiger partial charge >= 0.3 is 0 Å². The molecule has 1 aliphatic heterocycles. The molecular formula is C22H28ClNO. The lowest BCUT2D eigenvalue weighted by Crippen LogP contribution is -2.34. The van der Waals surface area contributed by atoms with Gasteiger partial charge in [-0.3, -0.25) is 0 Å². The van der Waals surface area contributed by atoms with E-state index in [1.54, 1.807) is 0 Å². The van der Waals surface area contributed by atoms with E-state index < -0.39 is 0 Å². The molecule has 2 aromatic rings. The number of nitrogens with zero attached hydrogens (tertiary/aromatic N) is 1. The van der Waals surface area contributed by atoms with Gasteiger partial charge in [-0.1, -0.05) is 49.7 Å². The summed E-state index contributed by atoms with van der Waals surface area (Å²) >= 11 is 6.15. The first kappa shape index (κ1) is 18.3. The second-order valence-corrected chi connectivity index (χ2v) is 7.72. The topological polar surface area (TPSA) is 12.5 Å². The highest BCUT2D eigenvalue weighted by atomic mass is 35.5. The fourth-order valence-electron chi connectivity index (χ4n) is 3.35. The van der Waals surface area contributed by atoms with Crippen LogP contribution < -0.4 is 4.74 Å². The van der Waals surface area contributed by atoms with E-state index >= 15 is 0 Å². The van der Waals surface area contributed by atoms with Gasteiger partial charge in [0.25, 0.3) is 0 Å². The predicted octanol–water partition coefficient (Wildman–Crippen LogP) is 6.36. The van der Waals surface area contributed by atoms with Crippen molar-refractivity contribution in [1.82, 2.24) is 4.90 Å². The number of hydrogen-bond acceptors (Lipinski definition) is 2. The molecule has 2 aromatic carbocycles. The van der Waals surface area contributed by atoms with Crippen LogP contribution in [0.1, 0.15) is 44.6 Å². The first-order valence-corrected chi connectivity index (χ1v) is 9.74. The van der Waals surface area contributed by atoms with Crippen LogP contribution >= 0.6 is 11.6 Å². The van der Waals surface area contributed by atoms with E-state index in [-0.39, 0.29) is 0 Å². The number of benzene rings is 2. The number of piperidine rings is 1. The van der Waals surface area contributed by atoms with E-state index in [1.165, 1.54) is 44.5 Å². The zero-order valence-corrected chi connectivity index (χ0v) is 16.0. The van der Waals surface area contributed by atoms with E-state index in [4.69, 9.17) is 16.3 Å². The van der Waals surface area contributed by atoms with Gasteiger partial charge in [0.05, 0.1) is 5.02 Å². The minimum atomic E-state index is 0.564. The summed E-state index contributed by atoms with van der Waals surface area (Å²) < 4.78 is 5.87. The van der Waals surface area contributed by atoms with E-state index in [0.717, 1.165) is 11.7 Å². The Kier molecular flexibility index (Phi) is 6.39. The van der Waals surface area contributed by atoms with Crippen molar-refractivity contribution in [3.05, 3.63) is 59.1 Å². The second-order valence-electron chi connectivity index (χ2n) is 7.32. The molecule has 0 amide bonds. The molecule has 0 aromatic heterocycles. The molecule has 25 heavy (non-hydrogen) atoms. The average Bonchev–Trinajstić information content (AvgIpc) is 2.63. The normalized spacial score (nSPS) is 17.4. The van der Waals surface area contributed by atoms with Gasteiger partial charge in [0.1, 0.15) is 11.5 Å². The Balaban J connectivity index is 1.52. The Morgan fingerprint density at radius 3 is 2.44 bits per heavy atom. The maximum Gasteiger partial charge on any atom is 0.146 e. The molecule has 134 valence electrons. The van der Waals surface area contributed by atoms with Gasteiger partial charge in [-0.15, -0.1) is 0 Å². The maximum absolute atomic E-state index is 6.15. The fourth-order valence-corrected chi connectivity index (χ4v) is 3.52. The maximum atomic E-state index is 6.15. The summed E-state index contributed by atoms with van der Waals surface area (Å²) in [5.41, 5.74) is 1.37. The van der Waals surface area contributed by atoms with Crippen molar-refractivity contribution in [3.8, 4) is 11.5 Å². The highest BCUT2D eigenvalue weighted by Gasteiger charge is 2.16. The number of likely N-dealkylation sites (tertiary alicyclic amines) is 1. The van der Waals surface area contributed by atoms with Gasteiger partial charge in [-0.05, 0) is 80.6 Å².